The van der Waals surface area contributed by atoms with E-state index in [1.165, 1.54) is 11.3 Å². The van der Waals surface area contributed by atoms with Crippen molar-refractivity contribution in [2.75, 3.05) is 24.7 Å². The quantitative estimate of drug-likeness (QED) is 0.885. The summed E-state index contributed by atoms with van der Waals surface area (Å²) in [6, 6.07) is 11.8. The summed E-state index contributed by atoms with van der Waals surface area (Å²) in [7, 11) is 1.63. The van der Waals surface area contributed by atoms with E-state index >= 15 is 0 Å². The van der Waals surface area contributed by atoms with Crippen molar-refractivity contribution in [1.29, 1.82) is 10.5 Å². The molecule has 0 atom stereocenters. The molecule has 2 rings (SSSR count). The van der Waals surface area contributed by atoms with Crippen LogP contribution in [-0.4, -0.2) is 13.7 Å². The van der Waals surface area contributed by atoms with Gasteiger partial charge in [-0.15, -0.1) is 11.3 Å². The molecule has 0 aliphatic carbocycles. The highest BCUT2D eigenvalue weighted by molar-refractivity contribution is 7.17. The monoisotopic (exact) mass is 298 g/mol. The highest BCUT2D eigenvalue weighted by Crippen LogP contribution is 2.34. The largest absolute Gasteiger partial charge is 0.497 e. The predicted octanol–water partition coefficient (Wildman–Crippen LogP) is 2.74. The van der Waals surface area contributed by atoms with Gasteiger partial charge < -0.3 is 15.8 Å². The maximum atomic E-state index is 9.10. The normalized spacial score (nSPS) is 9.67. The number of hydrogen-bond acceptors (Lipinski definition) is 6. The van der Waals surface area contributed by atoms with Crippen LogP contribution in [0.25, 0.3) is 0 Å². The third-order valence-corrected chi connectivity index (χ3v) is 4.08. The highest BCUT2D eigenvalue weighted by Gasteiger charge is 2.15. The van der Waals surface area contributed by atoms with Crippen molar-refractivity contribution in [1.82, 2.24) is 0 Å². The zero-order valence-electron chi connectivity index (χ0n) is 11.5. The van der Waals surface area contributed by atoms with E-state index in [9.17, 15) is 0 Å². The van der Waals surface area contributed by atoms with Crippen molar-refractivity contribution in [3.8, 4) is 17.9 Å². The smallest absolute Gasteiger partial charge is 0.131 e. The van der Waals surface area contributed by atoms with E-state index in [4.69, 9.17) is 21.0 Å². The molecule has 1 aromatic carbocycles. The lowest BCUT2D eigenvalue weighted by atomic mass is 10.1. The van der Waals surface area contributed by atoms with E-state index in [-0.39, 0.29) is 5.69 Å². The molecule has 0 bridgehead atoms. The number of hydrogen-bond donors (Lipinski definition) is 2. The van der Waals surface area contributed by atoms with Crippen LogP contribution in [0.5, 0.6) is 5.75 Å². The molecular weight excluding hydrogens is 284 g/mol. The minimum absolute atomic E-state index is 0.261. The maximum absolute atomic E-state index is 9.10. The van der Waals surface area contributed by atoms with Gasteiger partial charge >= 0.3 is 0 Å². The molecule has 0 spiro atoms. The summed E-state index contributed by atoms with van der Waals surface area (Å²) < 4.78 is 5.11. The number of methoxy groups -OCH3 is 1. The minimum atomic E-state index is 0.261. The van der Waals surface area contributed by atoms with Gasteiger partial charge in [-0.25, -0.2) is 0 Å². The summed E-state index contributed by atoms with van der Waals surface area (Å²) in [4.78, 5) is 0.374. The number of benzene rings is 1. The second-order valence-corrected chi connectivity index (χ2v) is 5.32. The number of nitrogens with two attached hydrogens (primary N) is 1. The molecule has 0 radical (unpaired) electrons. The molecule has 6 heteroatoms. The summed E-state index contributed by atoms with van der Waals surface area (Å²) in [6.45, 7) is 0.659. The predicted molar refractivity (Wildman–Crippen MR) is 83.3 cm³/mol. The Labute approximate surface area is 127 Å². The Kier molecular flexibility index (Phi) is 4.65. The van der Waals surface area contributed by atoms with Crippen molar-refractivity contribution < 1.29 is 4.74 Å². The first-order valence-corrected chi connectivity index (χ1v) is 7.10. The first kappa shape index (κ1) is 14.7. The van der Waals surface area contributed by atoms with E-state index in [0.717, 1.165) is 17.7 Å². The van der Waals surface area contributed by atoms with Crippen LogP contribution in [0.1, 0.15) is 16.0 Å². The zero-order chi connectivity index (χ0) is 15.2. The fraction of sp³-hybridized carbons (Fsp3) is 0.200. The summed E-state index contributed by atoms with van der Waals surface area (Å²) in [5, 5.41) is 21.9. The molecular formula is C15H14N4OS. The standard InChI is InChI=1S/C15H14N4OS/c1-20-11-4-2-10(3-5-11)6-7-19-15-12(8-16)14(18)13(9-17)21-15/h2-5,19H,6-7,18H2,1H3. The molecule has 106 valence electrons. The summed E-state index contributed by atoms with van der Waals surface area (Å²) >= 11 is 1.21. The number of nitrogens with one attached hydrogen (secondary N) is 1. The Bertz CT molecular complexity index is 707. The number of nitrogens with zero attached hydrogens (tertiary/aromatic N) is 2. The molecule has 21 heavy (non-hydrogen) atoms. The van der Waals surface area contributed by atoms with Gasteiger partial charge in [0.05, 0.1) is 12.8 Å². The van der Waals surface area contributed by atoms with Gasteiger partial charge in [0.25, 0.3) is 0 Å². The van der Waals surface area contributed by atoms with Gasteiger partial charge in [0.15, 0.2) is 0 Å². The first-order valence-electron chi connectivity index (χ1n) is 6.28. The van der Waals surface area contributed by atoms with Crippen LogP contribution in [-0.2, 0) is 6.42 Å². The summed E-state index contributed by atoms with van der Waals surface area (Å²) in [6.07, 6.45) is 0.800. The van der Waals surface area contributed by atoms with E-state index in [1.54, 1.807) is 7.11 Å². The lowest BCUT2D eigenvalue weighted by molar-refractivity contribution is 0.414. The maximum Gasteiger partial charge on any atom is 0.131 e. The molecule has 0 fully saturated rings. The molecule has 0 aliphatic heterocycles. The second kappa shape index (κ2) is 6.65. The van der Waals surface area contributed by atoms with Crippen LogP contribution < -0.4 is 15.8 Å². The number of ether oxygens (including phenoxy) is 1. The Morgan fingerprint density at radius 3 is 2.52 bits per heavy atom. The van der Waals surface area contributed by atoms with Crippen molar-refractivity contribution in [2.24, 2.45) is 0 Å². The van der Waals surface area contributed by atoms with Gasteiger partial charge in [0.1, 0.15) is 33.3 Å². The Balaban J connectivity index is 2.00. The van der Waals surface area contributed by atoms with Crippen LogP contribution in [0, 0.1) is 22.7 Å². The molecule has 3 N–H and O–H groups in total. The van der Waals surface area contributed by atoms with Crippen LogP contribution >= 0.6 is 11.3 Å². The van der Waals surface area contributed by atoms with Gasteiger partial charge in [-0.2, -0.15) is 10.5 Å². The molecule has 5 nitrogen and oxygen atoms in total. The van der Waals surface area contributed by atoms with Crippen molar-refractivity contribution in [3.63, 3.8) is 0 Å². The highest BCUT2D eigenvalue weighted by atomic mass is 32.1. The van der Waals surface area contributed by atoms with E-state index in [1.807, 2.05) is 36.4 Å². The molecule has 1 aromatic heterocycles. The average molecular weight is 298 g/mol. The fourth-order valence-corrected chi connectivity index (χ4v) is 2.77. The van der Waals surface area contributed by atoms with E-state index < -0.39 is 0 Å². The van der Waals surface area contributed by atoms with Crippen molar-refractivity contribution in [3.05, 3.63) is 40.3 Å². The van der Waals surface area contributed by atoms with Crippen LogP contribution in [0.15, 0.2) is 24.3 Å². The first-order chi connectivity index (χ1) is 10.2. The number of thiophene rings is 1. The van der Waals surface area contributed by atoms with Gasteiger partial charge in [0.2, 0.25) is 0 Å². The van der Waals surface area contributed by atoms with E-state index in [0.29, 0.717) is 22.0 Å². The van der Waals surface area contributed by atoms with Gasteiger partial charge in [-0.3, -0.25) is 0 Å². The fourth-order valence-electron chi connectivity index (χ4n) is 1.88. The lowest BCUT2D eigenvalue weighted by Crippen LogP contribution is -2.04. The number of nitrogen functional groups attached to an aromatic ring is 1. The molecule has 0 saturated carbocycles. The minimum Gasteiger partial charge on any atom is -0.497 e. The van der Waals surface area contributed by atoms with Crippen molar-refractivity contribution >= 4 is 22.0 Å². The lowest BCUT2D eigenvalue weighted by Gasteiger charge is -2.05. The molecule has 2 aromatic rings. The zero-order valence-corrected chi connectivity index (χ0v) is 12.3. The topological polar surface area (TPSA) is 94.9 Å². The second-order valence-electron chi connectivity index (χ2n) is 4.30. The number of nitriles is 2. The van der Waals surface area contributed by atoms with Gasteiger partial charge in [-0.1, -0.05) is 12.1 Å². The average Bonchev–Trinajstić information content (AvgIpc) is 2.83. The Hall–Kier alpha value is -2.70. The molecule has 0 aliphatic rings. The van der Waals surface area contributed by atoms with Gasteiger partial charge in [-0.05, 0) is 24.1 Å². The summed E-state index contributed by atoms with van der Waals surface area (Å²) in [5.74, 6) is 0.822. The SMILES string of the molecule is COc1ccc(CCNc2sc(C#N)c(N)c2C#N)cc1. The van der Waals surface area contributed by atoms with Gasteiger partial charge in [0, 0.05) is 6.54 Å². The third kappa shape index (κ3) is 3.25. The number of anilines is 2. The Morgan fingerprint density at radius 1 is 1.24 bits per heavy atom. The molecule has 1 heterocycles. The number of rotatable bonds is 5. The van der Waals surface area contributed by atoms with Crippen LogP contribution in [0.2, 0.25) is 0 Å². The molecule has 0 amide bonds. The Morgan fingerprint density at radius 2 is 1.95 bits per heavy atom. The van der Waals surface area contributed by atoms with E-state index in [2.05, 4.69) is 5.32 Å². The molecule has 0 unspecified atom stereocenters. The van der Waals surface area contributed by atoms with Crippen LogP contribution in [0.4, 0.5) is 10.7 Å². The van der Waals surface area contributed by atoms with Crippen molar-refractivity contribution in [2.45, 2.75) is 6.42 Å². The molecule has 0 saturated heterocycles. The summed E-state index contributed by atoms with van der Waals surface area (Å²) in [5.41, 5.74) is 7.52. The third-order valence-electron chi connectivity index (χ3n) is 3.02. The van der Waals surface area contributed by atoms with Crippen LogP contribution in [0.3, 0.4) is 0 Å².